The third kappa shape index (κ3) is 5.82. The van der Waals surface area contributed by atoms with Crippen molar-refractivity contribution in [3.8, 4) is 11.5 Å². The van der Waals surface area contributed by atoms with Crippen LogP contribution in [0.3, 0.4) is 0 Å². The van der Waals surface area contributed by atoms with Crippen molar-refractivity contribution < 1.29 is 23.5 Å². The Morgan fingerprint density at radius 1 is 1.18 bits per heavy atom. The molecule has 38 heavy (non-hydrogen) atoms. The molecule has 1 unspecified atom stereocenters. The highest BCUT2D eigenvalue weighted by Crippen LogP contribution is 2.39. The first-order valence-electron chi connectivity index (χ1n) is 13.0. The Kier molecular flexibility index (Phi) is 7.10. The smallest absolute Gasteiger partial charge is 0.342 e. The van der Waals surface area contributed by atoms with Crippen molar-refractivity contribution in [2.24, 2.45) is 5.41 Å². The van der Waals surface area contributed by atoms with Gasteiger partial charge in [-0.05, 0) is 66.5 Å². The van der Waals surface area contributed by atoms with Gasteiger partial charge in [0, 0.05) is 25.7 Å². The van der Waals surface area contributed by atoms with Crippen molar-refractivity contribution in [1.29, 1.82) is 0 Å². The number of rotatable bonds is 5. The van der Waals surface area contributed by atoms with Crippen LogP contribution in [0, 0.1) is 11.2 Å². The summed E-state index contributed by atoms with van der Waals surface area (Å²) >= 11 is 0. The highest BCUT2D eigenvalue weighted by atomic mass is 19.1. The van der Waals surface area contributed by atoms with Crippen molar-refractivity contribution >= 4 is 17.6 Å². The van der Waals surface area contributed by atoms with E-state index in [-0.39, 0.29) is 24.4 Å². The minimum atomic E-state index is -0.902. The van der Waals surface area contributed by atoms with E-state index >= 15 is 0 Å². The third-order valence-corrected chi connectivity index (χ3v) is 7.35. The van der Waals surface area contributed by atoms with Crippen molar-refractivity contribution in [3.05, 3.63) is 71.8 Å². The van der Waals surface area contributed by atoms with Crippen LogP contribution in [0.4, 0.5) is 14.9 Å². The van der Waals surface area contributed by atoms with E-state index in [4.69, 9.17) is 9.47 Å². The predicted molar refractivity (Wildman–Crippen MR) is 141 cm³/mol. The number of nitrogens with zero attached hydrogens (tertiary/aromatic N) is 3. The number of ether oxygens (including phenoxy) is 2. The van der Waals surface area contributed by atoms with E-state index in [1.54, 1.807) is 31.6 Å². The number of halogens is 1. The average molecular weight is 521 g/mol. The molecule has 5 rings (SSSR count). The maximum Gasteiger partial charge on any atom is 0.342 e. The Labute approximate surface area is 221 Å². The van der Waals surface area contributed by atoms with Crippen LogP contribution in [0.2, 0.25) is 0 Å². The first-order chi connectivity index (χ1) is 18.2. The van der Waals surface area contributed by atoms with Gasteiger partial charge in [0.15, 0.2) is 0 Å². The van der Waals surface area contributed by atoms with E-state index in [1.165, 1.54) is 17.0 Å². The van der Waals surface area contributed by atoms with Gasteiger partial charge in [0.05, 0.1) is 18.0 Å². The number of carbonyl (C=O) groups is 2. The normalized spacial score (nSPS) is 19.3. The van der Waals surface area contributed by atoms with Crippen LogP contribution < -0.4 is 19.7 Å². The molecule has 9 heteroatoms. The van der Waals surface area contributed by atoms with E-state index in [9.17, 15) is 14.0 Å². The van der Waals surface area contributed by atoms with Gasteiger partial charge in [-0.1, -0.05) is 26.0 Å². The Morgan fingerprint density at radius 3 is 2.74 bits per heavy atom. The second kappa shape index (κ2) is 10.5. The summed E-state index contributed by atoms with van der Waals surface area (Å²) in [4.78, 5) is 27.6. The summed E-state index contributed by atoms with van der Waals surface area (Å²) in [6, 6.07) is 10.3. The number of benzene rings is 2. The molecule has 2 heterocycles. The topological polar surface area (TPSA) is 85.7 Å². The second-order valence-corrected chi connectivity index (χ2v) is 10.9. The number of nitrogens with one attached hydrogen (secondary N) is 1. The molecule has 0 saturated heterocycles. The molecule has 2 aliphatic rings. The molecule has 2 aromatic carbocycles. The van der Waals surface area contributed by atoms with E-state index < -0.39 is 12.1 Å². The molecule has 1 saturated carbocycles. The largest absolute Gasteiger partial charge is 0.490 e. The van der Waals surface area contributed by atoms with E-state index in [0.29, 0.717) is 29.0 Å². The first kappa shape index (κ1) is 25.8. The van der Waals surface area contributed by atoms with Gasteiger partial charge < -0.3 is 19.7 Å². The minimum absolute atomic E-state index is 0.0166. The zero-order chi connectivity index (χ0) is 26.9. The molecule has 2 amide bonds. The molecule has 1 fully saturated rings. The molecular formula is C29H33FN4O4. The lowest BCUT2D eigenvalue weighted by Crippen LogP contribution is -2.50. The standard InChI is InChI=1S/C29H33FN4O4/c1-29(2)11-9-22(10-12-29)38-23-7-8-26-25(15-23)33(3)27(35)24(18-37-26)32-28(36)34-17-20(16-31-34)13-19-5-4-6-21(30)14-19/h4-8,14-17,22,24H,9-13,18H2,1-3H3,(H,32,36). The van der Waals surface area contributed by atoms with Crippen molar-refractivity contribution in [2.45, 2.75) is 58.1 Å². The fraction of sp³-hybridized carbons (Fsp3) is 0.414. The Morgan fingerprint density at radius 2 is 1.97 bits per heavy atom. The van der Waals surface area contributed by atoms with Crippen LogP contribution in [-0.4, -0.2) is 47.5 Å². The molecule has 200 valence electrons. The van der Waals surface area contributed by atoms with Gasteiger partial charge in [-0.25, -0.2) is 9.18 Å². The molecule has 0 spiro atoms. The van der Waals surface area contributed by atoms with Crippen LogP contribution in [-0.2, 0) is 11.2 Å². The number of anilines is 1. The minimum Gasteiger partial charge on any atom is -0.490 e. The van der Waals surface area contributed by atoms with Gasteiger partial charge in [0.2, 0.25) is 0 Å². The lowest BCUT2D eigenvalue weighted by atomic mass is 9.76. The Bertz CT molecular complexity index is 1330. The molecule has 0 bridgehead atoms. The van der Waals surface area contributed by atoms with Crippen molar-refractivity contribution in [2.75, 3.05) is 18.6 Å². The molecule has 1 N–H and O–H groups in total. The van der Waals surface area contributed by atoms with E-state index in [2.05, 4.69) is 24.3 Å². The van der Waals surface area contributed by atoms with Gasteiger partial charge in [-0.3, -0.25) is 4.79 Å². The van der Waals surface area contributed by atoms with Crippen LogP contribution in [0.5, 0.6) is 11.5 Å². The summed E-state index contributed by atoms with van der Waals surface area (Å²) in [6.07, 6.45) is 7.94. The number of hydrogen-bond donors (Lipinski definition) is 1. The monoisotopic (exact) mass is 520 g/mol. The first-order valence-corrected chi connectivity index (χ1v) is 13.0. The fourth-order valence-electron chi connectivity index (χ4n) is 5.00. The number of hydrogen-bond acceptors (Lipinski definition) is 5. The molecule has 8 nitrogen and oxygen atoms in total. The highest BCUT2D eigenvalue weighted by molar-refractivity contribution is 6.00. The fourth-order valence-corrected chi connectivity index (χ4v) is 5.00. The van der Waals surface area contributed by atoms with Gasteiger partial charge in [0.25, 0.3) is 5.91 Å². The van der Waals surface area contributed by atoms with Crippen molar-refractivity contribution in [3.63, 3.8) is 0 Å². The lowest BCUT2D eigenvalue weighted by Gasteiger charge is -2.34. The summed E-state index contributed by atoms with van der Waals surface area (Å²) in [5.41, 5.74) is 2.46. The van der Waals surface area contributed by atoms with E-state index in [0.717, 1.165) is 41.5 Å². The Balaban J connectivity index is 1.22. The van der Waals surface area contributed by atoms with Crippen LogP contribution >= 0.6 is 0 Å². The van der Waals surface area contributed by atoms with Gasteiger partial charge in [-0.15, -0.1) is 0 Å². The number of likely N-dealkylation sites (N-methyl/N-ethyl adjacent to an activating group) is 1. The molecule has 1 aliphatic heterocycles. The van der Waals surface area contributed by atoms with E-state index in [1.807, 2.05) is 18.2 Å². The lowest BCUT2D eigenvalue weighted by molar-refractivity contribution is -0.120. The number of amides is 2. The summed E-state index contributed by atoms with van der Waals surface area (Å²) in [6.45, 7) is 4.56. The summed E-state index contributed by atoms with van der Waals surface area (Å²) in [5, 5.41) is 6.83. The van der Waals surface area contributed by atoms with Crippen LogP contribution in [0.15, 0.2) is 54.9 Å². The molecule has 1 aliphatic carbocycles. The molecule has 1 atom stereocenters. The quantitative estimate of drug-likeness (QED) is 0.515. The number of aromatic nitrogens is 2. The number of fused-ring (bicyclic) bond motifs is 1. The highest BCUT2D eigenvalue weighted by Gasteiger charge is 2.32. The van der Waals surface area contributed by atoms with Crippen molar-refractivity contribution in [1.82, 2.24) is 15.1 Å². The molecule has 3 aromatic rings. The number of carbonyl (C=O) groups excluding carboxylic acids is 2. The molecule has 0 radical (unpaired) electrons. The van der Waals surface area contributed by atoms with Crippen LogP contribution in [0.1, 0.15) is 50.7 Å². The van der Waals surface area contributed by atoms with Crippen LogP contribution in [0.25, 0.3) is 0 Å². The SMILES string of the molecule is CN1C(=O)C(NC(=O)n2cc(Cc3cccc(F)c3)cn2)COc2ccc(OC3CCC(C)(C)CC3)cc21. The summed E-state index contributed by atoms with van der Waals surface area (Å²) < 4.78 is 26.8. The zero-order valence-corrected chi connectivity index (χ0v) is 21.9. The zero-order valence-electron chi connectivity index (χ0n) is 21.9. The third-order valence-electron chi connectivity index (χ3n) is 7.35. The summed E-state index contributed by atoms with van der Waals surface area (Å²) in [7, 11) is 1.66. The molecular weight excluding hydrogens is 487 g/mol. The predicted octanol–water partition coefficient (Wildman–Crippen LogP) is 4.94. The van der Waals surface area contributed by atoms with Gasteiger partial charge in [-0.2, -0.15) is 9.78 Å². The van der Waals surface area contributed by atoms with Gasteiger partial charge in [0.1, 0.15) is 30.0 Å². The molecule has 1 aromatic heterocycles. The maximum atomic E-state index is 13.5. The second-order valence-electron chi connectivity index (χ2n) is 10.9. The average Bonchev–Trinajstić information content (AvgIpc) is 3.32. The maximum absolute atomic E-state index is 13.5. The van der Waals surface area contributed by atoms with Gasteiger partial charge >= 0.3 is 6.03 Å². The Hall–Kier alpha value is -3.88. The summed E-state index contributed by atoms with van der Waals surface area (Å²) in [5.74, 6) is 0.620.